The van der Waals surface area contributed by atoms with Crippen LogP contribution in [0.5, 0.6) is 5.75 Å². The second-order valence-corrected chi connectivity index (χ2v) is 8.04. The minimum absolute atomic E-state index is 0.353. The van der Waals surface area contributed by atoms with Gasteiger partial charge in [0, 0.05) is 12.1 Å². The van der Waals surface area contributed by atoms with Gasteiger partial charge in [-0.3, -0.25) is 9.69 Å². The number of hydrogen-bond acceptors (Lipinski definition) is 5. The Bertz CT molecular complexity index is 973. The largest absolute Gasteiger partial charge is 0.496 e. The second kappa shape index (κ2) is 7.85. The number of hydrogen-bond donors (Lipinski definition) is 1. The number of aromatic nitrogens is 1. The van der Waals surface area contributed by atoms with Gasteiger partial charge in [0.1, 0.15) is 16.6 Å². The molecule has 2 unspecified atom stereocenters. The van der Waals surface area contributed by atoms with Crippen molar-refractivity contribution in [1.29, 1.82) is 0 Å². The summed E-state index contributed by atoms with van der Waals surface area (Å²) in [7, 11) is 1.56. The predicted molar refractivity (Wildman–Crippen MR) is 106 cm³/mol. The first-order valence-electron chi connectivity index (χ1n) is 9.22. The molecule has 2 aromatic carbocycles. The Morgan fingerprint density at radius 1 is 1.36 bits per heavy atom. The average Bonchev–Trinajstić information content (AvgIpc) is 3.12. The molecule has 146 valence electrons. The smallest absolute Gasteiger partial charge is 0.307 e. The van der Waals surface area contributed by atoms with E-state index in [1.165, 1.54) is 12.1 Å². The van der Waals surface area contributed by atoms with Crippen LogP contribution < -0.4 is 4.74 Å². The Labute approximate surface area is 166 Å². The average molecular weight is 400 g/mol. The Kier molecular flexibility index (Phi) is 5.28. The van der Waals surface area contributed by atoms with Crippen molar-refractivity contribution in [3.63, 3.8) is 0 Å². The Balaban J connectivity index is 1.83. The number of ether oxygens (including phenoxy) is 1. The number of fused-ring (bicyclic) bond motifs is 1. The maximum atomic E-state index is 14.2. The molecule has 4 rings (SSSR count). The third-order valence-electron chi connectivity index (χ3n) is 5.20. The minimum Gasteiger partial charge on any atom is -0.496 e. The van der Waals surface area contributed by atoms with E-state index in [1.54, 1.807) is 24.5 Å². The van der Waals surface area contributed by atoms with E-state index in [2.05, 4.69) is 4.90 Å². The van der Waals surface area contributed by atoms with Crippen molar-refractivity contribution in [1.82, 2.24) is 9.88 Å². The number of rotatable bonds is 5. The van der Waals surface area contributed by atoms with E-state index >= 15 is 0 Å². The number of carboxylic acids is 1. The van der Waals surface area contributed by atoms with Crippen molar-refractivity contribution in [2.45, 2.75) is 18.9 Å². The van der Waals surface area contributed by atoms with Crippen molar-refractivity contribution < 1.29 is 19.0 Å². The molecule has 5 nitrogen and oxygen atoms in total. The number of thiazole rings is 1. The molecule has 28 heavy (non-hydrogen) atoms. The Hall–Kier alpha value is -2.51. The molecule has 1 saturated heterocycles. The lowest BCUT2D eigenvalue weighted by Crippen LogP contribution is -2.41. The molecular formula is C21H21FN2O3S. The van der Waals surface area contributed by atoms with E-state index in [-0.39, 0.29) is 11.9 Å². The van der Waals surface area contributed by atoms with Crippen LogP contribution in [0.4, 0.5) is 4.39 Å². The summed E-state index contributed by atoms with van der Waals surface area (Å²) in [4.78, 5) is 18.5. The fourth-order valence-electron chi connectivity index (χ4n) is 3.85. The lowest BCUT2D eigenvalue weighted by Gasteiger charge is -2.36. The van der Waals surface area contributed by atoms with Gasteiger partial charge in [-0.2, -0.15) is 0 Å². The molecule has 3 aromatic rings. The van der Waals surface area contributed by atoms with Gasteiger partial charge in [-0.1, -0.05) is 12.1 Å². The molecule has 0 amide bonds. The van der Waals surface area contributed by atoms with Crippen LogP contribution in [-0.2, 0) is 4.79 Å². The van der Waals surface area contributed by atoms with Gasteiger partial charge in [0.25, 0.3) is 0 Å². The van der Waals surface area contributed by atoms with Crippen molar-refractivity contribution >= 4 is 27.5 Å². The summed E-state index contributed by atoms with van der Waals surface area (Å²) in [6.45, 7) is 1.12. The molecule has 0 saturated carbocycles. The number of para-hydroxylation sites is 1. The predicted octanol–water partition coefficient (Wildman–Crippen LogP) is 4.33. The summed E-state index contributed by atoms with van der Waals surface area (Å²) in [5.41, 5.74) is 1.56. The highest BCUT2D eigenvalue weighted by molar-refractivity contribution is 7.18. The minimum atomic E-state index is -0.793. The highest BCUT2D eigenvalue weighted by atomic mass is 32.1. The zero-order valence-electron chi connectivity index (χ0n) is 15.5. The van der Waals surface area contributed by atoms with Crippen LogP contribution >= 0.6 is 11.3 Å². The Morgan fingerprint density at radius 3 is 2.93 bits per heavy atom. The maximum absolute atomic E-state index is 14.2. The quantitative estimate of drug-likeness (QED) is 0.691. The van der Waals surface area contributed by atoms with Gasteiger partial charge in [0.15, 0.2) is 0 Å². The van der Waals surface area contributed by atoms with Crippen LogP contribution in [0, 0.1) is 11.7 Å². The third kappa shape index (κ3) is 3.59. The number of likely N-dealkylation sites (tertiary alicyclic amines) is 1. The zero-order chi connectivity index (χ0) is 19.7. The van der Waals surface area contributed by atoms with E-state index < -0.39 is 11.9 Å². The van der Waals surface area contributed by atoms with E-state index in [4.69, 9.17) is 9.72 Å². The van der Waals surface area contributed by atoms with Crippen LogP contribution in [0.15, 0.2) is 42.5 Å². The van der Waals surface area contributed by atoms with Crippen molar-refractivity contribution in [2.24, 2.45) is 5.92 Å². The molecule has 1 N–H and O–H groups in total. The van der Waals surface area contributed by atoms with Gasteiger partial charge in [-0.25, -0.2) is 9.37 Å². The van der Waals surface area contributed by atoms with E-state index in [0.29, 0.717) is 24.3 Å². The zero-order valence-corrected chi connectivity index (χ0v) is 16.3. The number of methoxy groups -OCH3 is 1. The molecule has 1 aliphatic heterocycles. The van der Waals surface area contributed by atoms with E-state index in [0.717, 1.165) is 28.2 Å². The number of halogens is 1. The normalized spacial score (nSPS) is 18.9. The number of piperidine rings is 1. The van der Waals surface area contributed by atoms with Crippen molar-refractivity contribution in [2.75, 3.05) is 20.2 Å². The van der Waals surface area contributed by atoms with Crippen molar-refractivity contribution in [3.8, 4) is 5.75 Å². The molecular weight excluding hydrogens is 379 g/mol. The molecule has 1 fully saturated rings. The number of carbonyl (C=O) groups is 1. The fraction of sp³-hybridized carbons (Fsp3) is 0.333. The van der Waals surface area contributed by atoms with Gasteiger partial charge in [0.05, 0.1) is 29.3 Å². The summed E-state index contributed by atoms with van der Waals surface area (Å²) < 4.78 is 20.7. The topological polar surface area (TPSA) is 62.7 Å². The van der Waals surface area contributed by atoms with Gasteiger partial charge < -0.3 is 9.84 Å². The second-order valence-electron chi connectivity index (χ2n) is 6.98. The monoisotopic (exact) mass is 400 g/mol. The number of carboxylic acid groups (broad SMARTS) is 1. The third-order valence-corrected chi connectivity index (χ3v) is 6.29. The fourth-order valence-corrected chi connectivity index (χ4v) is 4.98. The molecule has 7 heteroatoms. The van der Waals surface area contributed by atoms with E-state index in [9.17, 15) is 14.3 Å². The van der Waals surface area contributed by atoms with Crippen LogP contribution in [0.2, 0.25) is 0 Å². The molecule has 1 aliphatic rings. The first-order chi connectivity index (χ1) is 13.6. The molecule has 0 spiro atoms. The molecule has 2 heterocycles. The lowest BCUT2D eigenvalue weighted by molar-refractivity contribution is -0.143. The summed E-state index contributed by atoms with van der Waals surface area (Å²) in [6, 6.07) is 12.0. The summed E-state index contributed by atoms with van der Waals surface area (Å²) in [5, 5.41) is 10.3. The van der Waals surface area contributed by atoms with Crippen LogP contribution in [0.1, 0.15) is 29.5 Å². The van der Waals surface area contributed by atoms with Crippen LogP contribution in [0.25, 0.3) is 10.2 Å². The summed E-state index contributed by atoms with van der Waals surface area (Å²) in [6.07, 6.45) is 1.43. The van der Waals surface area contributed by atoms with Crippen LogP contribution in [0.3, 0.4) is 0 Å². The molecule has 0 bridgehead atoms. The molecule has 2 atom stereocenters. The first-order valence-corrected chi connectivity index (χ1v) is 10.0. The SMILES string of the molecule is COc1ccc(F)cc1C(c1nc2ccccc2s1)N1CCCC(C(=O)O)C1. The van der Waals surface area contributed by atoms with Gasteiger partial charge in [0.2, 0.25) is 0 Å². The lowest BCUT2D eigenvalue weighted by atomic mass is 9.94. The van der Waals surface area contributed by atoms with Crippen molar-refractivity contribution in [3.05, 3.63) is 58.9 Å². The van der Waals surface area contributed by atoms with Gasteiger partial charge in [-0.05, 0) is 49.7 Å². The number of benzene rings is 2. The summed E-state index contributed by atoms with van der Waals surface area (Å²) in [5.74, 6) is -1.01. The highest BCUT2D eigenvalue weighted by Crippen LogP contribution is 2.40. The standard InChI is InChI=1S/C21H21FN2O3S/c1-27-17-9-8-14(22)11-15(17)19(24-10-4-5-13(12-24)21(25)26)20-23-16-6-2-3-7-18(16)28-20/h2-3,6-9,11,13,19H,4-5,10,12H2,1H3,(H,25,26). The maximum Gasteiger partial charge on any atom is 0.307 e. The van der Waals surface area contributed by atoms with Gasteiger partial charge >= 0.3 is 5.97 Å². The first kappa shape index (κ1) is 18.8. The molecule has 0 aliphatic carbocycles. The van der Waals surface area contributed by atoms with Gasteiger partial charge in [-0.15, -0.1) is 11.3 Å². The van der Waals surface area contributed by atoms with Crippen LogP contribution in [-0.4, -0.2) is 41.2 Å². The highest BCUT2D eigenvalue weighted by Gasteiger charge is 2.34. The Morgan fingerprint density at radius 2 is 2.18 bits per heavy atom. The summed E-state index contributed by atoms with van der Waals surface area (Å²) >= 11 is 1.55. The number of nitrogens with zero attached hydrogens (tertiary/aromatic N) is 2. The molecule has 1 aromatic heterocycles. The van der Waals surface area contributed by atoms with E-state index in [1.807, 2.05) is 24.3 Å². The molecule has 0 radical (unpaired) electrons. The number of aliphatic carboxylic acids is 1.